The highest BCUT2D eigenvalue weighted by atomic mass is 32.1. The Hall–Kier alpha value is -3.06. The molecule has 0 saturated heterocycles. The minimum absolute atomic E-state index is 0.0962. The highest BCUT2D eigenvalue weighted by molar-refractivity contribution is 7.14. The van der Waals surface area contributed by atoms with Crippen molar-refractivity contribution >= 4 is 33.4 Å². The molecule has 2 aromatic carbocycles. The van der Waals surface area contributed by atoms with E-state index in [1.54, 1.807) is 4.68 Å². The third kappa shape index (κ3) is 3.21. The van der Waals surface area contributed by atoms with Crippen LogP contribution in [0.3, 0.4) is 0 Å². The summed E-state index contributed by atoms with van der Waals surface area (Å²) in [5.41, 5.74) is 5.94. The second-order valence-electron chi connectivity index (χ2n) is 6.14. The first-order valence-electron chi connectivity index (χ1n) is 8.21. The average Bonchev–Trinajstić information content (AvgIpc) is 3.23. The monoisotopic (exact) mass is 363 g/mol. The maximum Gasteiger partial charge on any atom is 0.247 e. The molecule has 0 atom stereocenters. The minimum Gasteiger partial charge on any atom is -0.300 e. The summed E-state index contributed by atoms with van der Waals surface area (Å²) in [7, 11) is 0. The van der Waals surface area contributed by atoms with Crippen LogP contribution < -0.4 is 5.32 Å². The number of aromatic nitrogens is 4. The summed E-state index contributed by atoms with van der Waals surface area (Å²) in [6.07, 6.45) is 0. The third-order valence-electron chi connectivity index (χ3n) is 4.12. The summed E-state index contributed by atoms with van der Waals surface area (Å²) < 4.78 is 1.59. The molecule has 7 heteroatoms. The van der Waals surface area contributed by atoms with Crippen molar-refractivity contribution in [3.63, 3.8) is 0 Å². The topological polar surface area (TPSA) is 72.7 Å². The van der Waals surface area contributed by atoms with Crippen LogP contribution in [0.1, 0.15) is 11.1 Å². The van der Waals surface area contributed by atoms with Crippen molar-refractivity contribution in [3.8, 4) is 11.3 Å². The molecule has 6 nitrogen and oxygen atoms in total. The van der Waals surface area contributed by atoms with Crippen molar-refractivity contribution in [1.82, 2.24) is 20.0 Å². The van der Waals surface area contributed by atoms with E-state index in [-0.39, 0.29) is 12.5 Å². The van der Waals surface area contributed by atoms with Gasteiger partial charge >= 0.3 is 0 Å². The number of anilines is 1. The van der Waals surface area contributed by atoms with E-state index in [0.29, 0.717) is 5.13 Å². The number of fused-ring (bicyclic) bond motifs is 1. The van der Waals surface area contributed by atoms with Crippen molar-refractivity contribution in [2.24, 2.45) is 0 Å². The van der Waals surface area contributed by atoms with E-state index in [4.69, 9.17) is 0 Å². The first-order chi connectivity index (χ1) is 12.6. The van der Waals surface area contributed by atoms with Crippen molar-refractivity contribution in [3.05, 3.63) is 59.0 Å². The van der Waals surface area contributed by atoms with Crippen LogP contribution in [0.25, 0.3) is 22.3 Å². The molecule has 4 aromatic rings. The van der Waals surface area contributed by atoms with E-state index < -0.39 is 0 Å². The Morgan fingerprint density at radius 2 is 2.04 bits per heavy atom. The van der Waals surface area contributed by atoms with Crippen molar-refractivity contribution < 1.29 is 4.79 Å². The number of thiazole rings is 1. The lowest BCUT2D eigenvalue weighted by atomic mass is 10.0. The van der Waals surface area contributed by atoms with Crippen molar-refractivity contribution in [1.29, 1.82) is 0 Å². The number of hydrogen-bond donors (Lipinski definition) is 1. The molecule has 0 radical (unpaired) electrons. The zero-order valence-electron chi connectivity index (χ0n) is 14.4. The van der Waals surface area contributed by atoms with Gasteiger partial charge in [0.25, 0.3) is 0 Å². The van der Waals surface area contributed by atoms with Crippen LogP contribution in [-0.2, 0) is 11.3 Å². The summed E-state index contributed by atoms with van der Waals surface area (Å²) in [6.45, 7) is 4.23. The summed E-state index contributed by atoms with van der Waals surface area (Å²) >= 11 is 1.41. The normalized spacial score (nSPS) is 11.0. The number of carbonyl (C=O) groups is 1. The lowest BCUT2D eigenvalue weighted by Gasteiger charge is -2.04. The predicted molar refractivity (Wildman–Crippen MR) is 103 cm³/mol. The number of nitrogens with zero attached hydrogens (tertiary/aromatic N) is 4. The van der Waals surface area contributed by atoms with Crippen LogP contribution in [0.2, 0.25) is 0 Å². The van der Waals surface area contributed by atoms with Gasteiger partial charge in [0.05, 0.1) is 11.2 Å². The molecule has 0 aliphatic heterocycles. The summed E-state index contributed by atoms with van der Waals surface area (Å²) in [5.74, 6) is -0.179. The molecular formula is C19H17N5OS. The molecule has 130 valence electrons. The van der Waals surface area contributed by atoms with Gasteiger partial charge in [-0.15, -0.1) is 16.4 Å². The number of benzene rings is 2. The fraction of sp³-hybridized carbons (Fsp3) is 0.158. The van der Waals surface area contributed by atoms with E-state index in [1.807, 2.05) is 29.6 Å². The second kappa shape index (κ2) is 6.68. The van der Waals surface area contributed by atoms with Crippen LogP contribution in [0.15, 0.2) is 47.8 Å². The Kier molecular flexibility index (Phi) is 4.22. The minimum atomic E-state index is -0.179. The fourth-order valence-electron chi connectivity index (χ4n) is 2.88. The number of para-hydroxylation sites is 1. The van der Waals surface area contributed by atoms with Gasteiger partial charge < -0.3 is 5.32 Å². The van der Waals surface area contributed by atoms with E-state index >= 15 is 0 Å². The molecule has 4 rings (SSSR count). The molecule has 0 saturated carbocycles. The van der Waals surface area contributed by atoms with Gasteiger partial charge in [-0.2, -0.15) is 0 Å². The zero-order chi connectivity index (χ0) is 18.1. The van der Waals surface area contributed by atoms with Crippen LogP contribution >= 0.6 is 11.3 Å². The van der Waals surface area contributed by atoms with Gasteiger partial charge in [0.1, 0.15) is 12.1 Å². The van der Waals surface area contributed by atoms with E-state index in [9.17, 15) is 4.79 Å². The van der Waals surface area contributed by atoms with Crippen LogP contribution in [0, 0.1) is 13.8 Å². The number of nitrogens with one attached hydrogen (secondary N) is 1. The fourth-order valence-corrected chi connectivity index (χ4v) is 3.61. The first kappa shape index (κ1) is 16.4. The third-order valence-corrected chi connectivity index (χ3v) is 4.88. The predicted octanol–water partition coefficient (Wildman–Crippen LogP) is 3.81. The van der Waals surface area contributed by atoms with E-state index in [1.165, 1.54) is 22.5 Å². The molecule has 0 unspecified atom stereocenters. The van der Waals surface area contributed by atoms with Gasteiger partial charge in [-0.3, -0.25) is 4.79 Å². The molecular weight excluding hydrogens is 346 g/mol. The van der Waals surface area contributed by atoms with Gasteiger partial charge in [0.2, 0.25) is 5.91 Å². The Balaban J connectivity index is 1.49. The largest absolute Gasteiger partial charge is 0.300 e. The number of rotatable bonds is 4. The molecule has 1 N–H and O–H groups in total. The summed E-state index contributed by atoms with van der Waals surface area (Å²) in [6, 6.07) is 13.8. The Bertz CT molecular complexity index is 1100. The SMILES string of the molecule is Cc1ccc(-c2csc(NC(=O)Cn3nnc4ccccc43)n2)c(C)c1. The molecule has 0 fully saturated rings. The molecule has 2 heterocycles. The zero-order valence-corrected chi connectivity index (χ0v) is 15.2. The quantitative estimate of drug-likeness (QED) is 0.598. The van der Waals surface area contributed by atoms with Crippen molar-refractivity contribution in [2.75, 3.05) is 5.32 Å². The van der Waals surface area contributed by atoms with Gasteiger partial charge in [-0.25, -0.2) is 9.67 Å². The lowest BCUT2D eigenvalue weighted by molar-refractivity contribution is -0.116. The highest BCUT2D eigenvalue weighted by Gasteiger charge is 2.12. The Morgan fingerprint density at radius 3 is 2.88 bits per heavy atom. The Labute approximate surface area is 154 Å². The van der Waals surface area contributed by atoms with Crippen LogP contribution in [0.4, 0.5) is 5.13 Å². The summed E-state index contributed by atoms with van der Waals surface area (Å²) in [5, 5.41) is 13.5. The molecule has 0 aliphatic rings. The van der Waals surface area contributed by atoms with Gasteiger partial charge in [-0.1, -0.05) is 41.1 Å². The number of carbonyl (C=O) groups excluding carboxylic acids is 1. The molecule has 1 amide bonds. The molecule has 0 bridgehead atoms. The average molecular weight is 363 g/mol. The van der Waals surface area contributed by atoms with Gasteiger partial charge in [0, 0.05) is 10.9 Å². The van der Waals surface area contributed by atoms with Gasteiger partial charge in [-0.05, 0) is 31.5 Å². The highest BCUT2D eigenvalue weighted by Crippen LogP contribution is 2.28. The van der Waals surface area contributed by atoms with E-state index in [0.717, 1.165) is 22.3 Å². The standard InChI is InChI=1S/C19H17N5OS/c1-12-7-8-14(13(2)9-12)16-11-26-19(20-16)21-18(25)10-24-17-6-4-3-5-15(17)22-23-24/h3-9,11H,10H2,1-2H3,(H,20,21,25). The van der Waals surface area contributed by atoms with Crippen LogP contribution in [0.5, 0.6) is 0 Å². The number of aryl methyl sites for hydroxylation is 2. The maximum absolute atomic E-state index is 12.3. The lowest BCUT2D eigenvalue weighted by Crippen LogP contribution is -2.19. The van der Waals surface area contributed by atoms with Crippen LogP contribution in [-0.4, -0.2) is 25.9 Å². The van der Waals surface area contributed by atoms with Crippen molar-refractivity contribution in [2.45, 2.75) is 20.4 Å². The Morgan fingerprint density at radius 1 is 1.19 bits per heavy atom. The van der Waals surface area contributed by atoms with E-state index in [2.05, 4.69) is 52.7 Å². The molecule has 26 heavy (non-hydrogen) atoms. The second-order valence-corrected chi connectivity index (χ2v) is 7.00. The van der Waals surface area contributed by atoms with Gasteiger partial charge in [0.15, 0.2) is 5.13 Å². The number of hydrogen-bond acceptors (Lipinski definition) is 5. The smallest absolute Gasteiger partial charge is 0.247 e. The maximum atomic E-state index is 12.3. The first-order valence-corrected chi connectivity index (χ1v) is 9.09. The number of amides is 1. The summed E-state index contributed by atoms with van der Waals surface area (Å²) in [4.78, 5) is 16.9. The molecule has 0 aliphatic carbocycles. The molecule has 2 aromatic heterocycles. The molecule has 0 spiro atoms.